The van der Waals surface area contributed by atoms with Gasteiger partial charge in [-0.2, -0.15) is 0 Å². The predicted octanol–water partition coefficient (Wildman–Crippen LogP) is 6.79. The number of phenols is 1. The van der Waals surface area contributed by atoms with Crippen molar-refractivity contribution in [2.45, 2.75) is 25.7 Å². The number of phenolic OH excluding ortho intramolecular Hbond substituents is 1. The van der Waals surface area contributed by atoms with Crippen LogP contribution in [0.4, 0.5) is 0 Å². The summed E-state index contributed by atoms with van der Waals surface area (Å²) in [6.45, 7) is 0. The van der Waals surface area contributed by atoms with E-state index in [1.54, 1.807) is 40.6 Å². The van der Waals surface area contributed by atoms with Crippen molar-refractivity contribution in [3.05, 3.63) is 101 Å². The zero-order valence-corrected chi connectivity index (χ0v) is 22.3. The largest absolute Gasteiger partial charge is 0.508 e. The molecule has 0 aromatic heterocycles. The van der Waals surface area contributed by atoms with E-state index in [1.165, 1.54) is 5.56 Å². The van der Waals surface area contributed by atoms with E-state index in [0.29, 0.717) is 23.0 Å². The first kappa shape index (κ1) is 26.7. The van der Waals surface area contributed by atoms with E-state index in [4.69, 9.17) is 23.7 Å². The zero-order valence-electron chi connectivity index (χ0n) is 22.3. The molecule has 4 aromatic rings. The van der Waals surface area contributed by atoms with E-state index < -0.39 is 0 Å². The van der Waals surface area contributed by atoms with Gasteiger partial charge in [-0.3, -0.25) is 0 Å². The second-order valence-corrected chi connectivity index (χ2v) is 8.99. The molecule has 198 valence electrons. The predicted molar refractivity (Wildman–Crippen MR) is 149 cm³/mol. The number of hydrogen-bond acceptors (Lipinski definition) is 6. The van der Waals surface area contributed by atoms with E-state index in [2.05, 4.69) is 6.07 Å². The van der Waals surface area contributed by atoms with Gasteiger partial charge in [0.25, 0.3) is 0 Å². The van der Waals surface area contributed by atoms with Crippen LogP contribution < -0.4 is 23.7 Å². The molecule has 0 aliphatic rings. The summed E-state index contributed by atoms with van der Waals surface area (Å²) in [7, 11) is 6.57. The standard InChI is InChI=1S/C32H34O6/c1-34-27-7-5-6-22(15-27)8-11-25-16-28(35-2)21-30(18-25)38-29-17-24(14-26(33)20-29)10-9-23-12-13-31(36-3)32(19-23)37-4/h5-7,12-21,33H,8-11H2,1-4H3. The van der Waals surface area contributed by atoms with Gasteiger partial charge in [0.05, 0.1) is 28.4 Å². The van der Waals surface area contributed by atoms with Crippen LogP contribution in [0.3, 0.4) is 0 Å². The lowest BCUT2D eigenvalue weighted by Gasteiger charge is -2.13. The monoisotopic (exact) mass is 514 g/mol. The van der Waals surface area contributed by atoms with Crippen LogP contribution in [0.1, 0.15) is 22.3 Å². The van der Waals surface area contributed by atoms with Gasteiger partial charge < -0.3 is 28.8 Å². The van der Waals surface area contributed by atoms with Gasteiger partial charge in [0, 0.05) is 12.1 Å². The molecule has 0 aliphatic heterocycles. The molecule has 0 aliphatic carbocycles. The quantitative estimate of drug-likeness (QED) is 0.225. The van der Waals surface area contributed by atoms with Crippen molar-refractivity contribution < 1.29 is 28.8 Å². The fraction of sp³-hybridized carbons (Fsp3) is 0.250. The number of benzene rings is 4. The Hall–Kier alpha value is -4.32. The first-order valence-electron chi connectivity index (χ1n) is 12.5. The Bertz CT molecular complexity index is 1360. The van der Waals surface area contributed by atoms with Gasteiger partial charge in [-0.1, -0.05) is 18.2 Å². The highest BCUT2D eigenvalue weighted by atomic mass is 16.5. The number of ether oxygens (including phenoxy) is 5. The molecular weight excluding hydrogens is 480 g/mol. The maximum absolute atomic E-state index is 10.4. The van der Waals surface area contributed by atoms with Gasteiger partial charge in [0.2, 0.25) is 0 Å². The summed E-state index contributed by atoms with van der Waals surface area (Å²) in [5, 5.41) is 10.4. The maximum atomic E-state index is 10.4. The van der Waals surface area contributed by atoms with Crippen LogP contribution in [0.25, 0.3) is 0 Å². The Kier molecular flexibility index (Phi) is 8.98. The van der Waals surface area contributed by atoms with Crippen molar-refractivity contribution in [1.82, 2.24) is 0 Å². The Morgan fingerprint density at radius 1 is 0.474 bits per heavy atom. The SMILES string of the molecule is COc1cccc(CCc2cc(OC)cc(Oc3cc(O)cc(CCc4ccc(OC)c(OC)c4)c3)c2)c1. The number of rotatable bonds is 12. The van der Waals surface area contributed by atoms with Crippen LogP contribution >= 0.6 is 0 Å². The number of aromatic hydroxyl groups is 1. The lowest BCUT2D eigenvalue weighted by molar-refractivity contribution is 0.354. The van der Waals surface area contributed by atoms with Crippen molar-refractivity contribution in [2.75, 3.05) is 28.4 Å². The minimum Gasteiger partial charge on any atom is -0.508 e. The second-order valence-electron chi connectivity index (χ2n) is 8.99. The third-order valence-corrected chi connectivity index (χ3v) is 6.35. The van der Waals surface area contributed by atoms with E-state index in [9.17, 15) is 5.11 Å². The highest BCUT2D eigenvalue weighted by molar-refractivity contribution is 5.45. The average molecular weight is 515 g/mol. The molecule has 1 N–H and O–H groups in total. The molecule has 4 rings (SSSR count). The first-order valence-corrected chi connectivity index (χ1v) is 12.5. The Balaban J connectivity index is 1.46. The molecule has 0 atom stereocenters. The molecule has 6 heteroatoms. The molecule has 0 fully saturated rings. The molecule has 0 amide bonds. The minimum absolute atomic E-state index is 0.158. The Morgan fingerprint density at radius 3 is 1.74 bits per heavy atom. The molecule has 0 saturated carbocycles. The third-order valence-electron chi connectivity index (χ3n) is 6.35. The average Bonchev–Trinajstić information content (AvgIpc) is 2.94. The number of methoxy groups -OCH3 is 4. The highest BCUT2D eigenvalue weighted by Gasteiger charge is 2.09. The minimum atomic E-state index is 0.158. The van der Waals surface area contributed by atoms with Gasteiger partial charge in [-0.25, -0.2) is 0 Å². The molecule has 0 unspecified atom stereocenters. The van der Waals surface area contributed by atoms with Crippen LogP contribution in [0.2, 0.25) is 0 Å². The zero-order chi connectivity index (χ0) is 26.9. The van der Waals surface area contributed by atoms with Crippen molar-refractivity contribution in [2.24, 2.45) is 0 Å². The number of hydrogen-bond donors (Lipinski definition) is 1. The summed E-state index contributed by atoms with van der Waals surface area (Å²) >= 11 is 0. The molecular formula is C32H34O6. The van der Waals surface area contributed by atoms with Gasteiger partial charge in [-0.05, 0) is 96.5 Å². The van der Waals surface area contributed by atoms with Crippen LogP contribution in [-0.2, 0) is 25.7 Å². The fourth-order valence-electron chi connectivity index (χ4n) is 4.38. The second kappa shape index (κ2) is 12.8. The lowest BCUT2D eigenvalue weighted by atomic mass is 10.0. The van der Waals surface area contributed by atoms with Gasteiger partial charge in [-0.15, -0.1) is 0 Å². The van der Waals surface area contributed by atoms with Gasteiger partial charge in [0.15, 0.2) is 11.5 Å². The van der Waals surface area contributed by atoms with Gasteiger partial charge in [0.1, 0.15) is 28.7 Å². The molecule has 6 nitrogen and oxygen atoms in total. The molecule has 0 heterocycles. The highest BCUT2D eigenvalue weighted by Crippen LogP contribution is 2.32. The van der Waals surface area contributed by atoms with E-state index >= 15 is 0 Å². The van der Waals surface area contributed by atoms with Crippen molar-refractivity contribution >= 4 is 0 Å². The van der Waals surface area contributed by atoms with E-state index in [0.717, 1.165) is 53.9 Å². The summed E-state index contributed by atoms with van der Waals surface area (Å²) < 4.78 is 27.8. The molecule has 0 radical (unpaired) electrons. The topological polar surface area (TPSA) is 66.4 Å². The smallest absolute Gasteiger partial charge is 0.160 e. The third kappa shape index (κ3) is 7.13. The molecule has 0 bridgehead atoms. The van der Waals surface area contributed by atoms with Crippen LogP contribution in [-0.4, -0.2) is 33.5 Å². The van der Waals surface area contributed by atoms with E-state index in [1.807, 2.05) is 60.7 Å². The maximum Gasteiger partial charge on any atom is 0.160 e. The van der Waals surface area contributed by atoms with Crippen LogP contribution in [0, 0.1) is 0 Å². The van der Waals surface area contributed by atoms with Crippen LogP contribution in [0.5, 0.6) is 40.2 Å². The molecule has 0 spiro atoms. The van der Waals surface area contributed by atoms with Gasteiger partial charge >= 0.3 is 0 Å². The summed E-state index contributed by atoms with van der Waals surface area (Å²) in [5.74, 6) is 4.35. The van der Waals surface area contributed by atoms with Crippen LogP contribution in [0.15, 0.2) is 78.9 Å². The molecule has 0 saturated heterocycles. The summed E-state index contributed by atoms with van der Waals surface area (Å²) in [6.07, 6.45) is 3.18. The summed E-state index contributed by atoms with van der Waals surface area (Å²) in [5.41, 5.74) is 4.37. The summed E-state index contributed by atoms with van der Waals surface area (Å²) in [4.78, 5) is 0. The normalized spacial score (nSPS) is 10.6. The van der Waals surface area contributed by atoms with Crippen molar-refractivity contribution in [3.8, 4) is 40.2 Å². The van der Waals surface area contributed by atoms with Crippen molar-refractivity contribution in [1.29, 1.82) is 0 Å². The first-order chi connectivity index (χ1) is 18.5. The Labute approximate surface area is 224 Å². The van der Waals surface area contributed by atoms with Crippen molar-refractivity contribution in [3.63, 3.8) is 0 Å². The van der Waals surface area contributed by atoms with E-state index in [-0.39, 0.29) is 5.75 Å². The number of aryl methyl sites for hydroxylation is 4. The fourth-order valence-corrected chi connectivity index (χ4v) is 4.38. The lowest BCUT2D eigenvalue weighted by Crippen LogP contribution is -1.96. The Morgan fingerprint density at radius 2 is 1.05 bits per heavy atom. The molecule has 38 heavy (non-hydrogen) atoms. The summed E-state index contributed by atoms with van der Waals surface area (Å²) in [6, 6.07) is 25.2. The molecule has 4 aromatic carbocycles.